The molecule has 2 atom stereocenters. The van der Waals surface area contributed by atoms with Crippen LogP contribution < -0.4 is 0 Å². The van der Waals surface area contributed by atoms with Crippen molar-refractivity contribution in [1.82, 2.24) is 0 Å². The van der Waals surface area contributed by atoms with Crippen molar-refractivity contribution in [2.75, 3.05) is 0 Å². The topological polar surface area (TPSA) is 63.6 Å². The molecule has 0 aromatic heterocycles. The zero-order chi connectivity index (χ0) is 14.0. The molecule has 0 radical (unpaired) electrons. The summed E-state index contributed by atoms with van der Waals surface area (Å²) in [5.41, 5.74) is 1.99. The van der Waals surface area contributed by atoms with E-state index in [1.807, 2.05) is 13.0 Å². The van der Waals surface area contributed by atoms with Gasteiger partial charge < -0.3 is 9.84 Å². The third kappa shape index (κ3) is 2.95. The van der Waals surface area contributed by atoms with Gasteiger partial charge in [-0.15, -0.1) is 0 Å². The smallest absolute Gasteiger partial charge is 0.334 e. The second-order valence-corrected chi connectivity index (χ2v) is 5.14. The first-order valence-electron chi connectivity index (χ1n) is 6.48. The first-order valence-corrected chi connectivity index (χ1v) is 6.48. The lowest BCUT2D eigenvalue weighted by Gasteiger charge is -2.16. The van der Waals surface area contributed by atoms with Crippen LogP contribution in [0.5, 0.6) is 0 Å². The largest absolute Gasteiger partial charge is 0.478 e. The van der Waals surface area contributed by atoms with Crippen molar-refractivity contribution >= 4 is 11.9 Å². The maximum absolute atomic E-state index is 11.6. The van der Waals surface area contributed by atoms with Crippen LogP contribution in [-0.2, 0) is 14.3 Å². The van der Waals surface area contributed by atoms with Crippen molar-refractivity contribution in [3.8, 4) is 0 Å². The van der Waals surface area contributed by atoms with Crippen LogP contribution in [-0.4, -0.2) is 23.1 Å². The molecule has 0 saturated carbocycles. The average molecular weight is 262 g/mol. The molecule has 19 heavy (non-hydrogen) atoms. The molecule has 1 N–H and O–H groups in total. The van der Waals surface area contributed by atoms with Gasteiger partial charge >= 0.3 is 11.9 Å². The van der Waals surface area contributed by atoms with Crippen LogP contribution >= 0.6 is 0 Å². The molecule has 1 aliphatic heterocycles. The summed E-state index contributed by atoms with van der Waals surface area (Å²) >= 11 is 0. The van der Waals surface area contributed by atoms with E-state index in [2.05, 4.69) is 6.58 Å². The number of rotatable bonds is 1. The summed E-state index contributed by atoms with van der Waals surface area (Å²) in [5, 5.41) is 9.14. The van der Waals surface area contributed by atoms with Gasteiger partial charge in [0.05, 0.1) is 0 Å². The lowest BCUT2D eigenvalue weighted by Crippen LogP contribution is -2.15. The predicted octanol–water partition coefficient (Wildman–Crippen LogP) is 2.62. The van der Waals surface area contributed by atoms with Crippen LogP contribution in [0.4, 0.5) is 0 Å². The number of fused-ring (bicyclic) bond motifs is 1. The lowest BCUT2D eigenvalue weighted by molar-refractivity contribution is -0.137. The standard InChI is InChI=1S/C15H18O4/c1-9-4-3-5-11(14(16)17)6-7-12-10(2)15(18)19-13(12)8-9/h6,8,12-13H,2-5,7H2,1H3,(H,16,17). The molecular formula is C15H18O4. The highest BCUT2D eigenvalue weighted by Crippen LogP contribution is 2.33. The van der Waals surface area contributed by atoms with E-state index in [1.54, 1.807) is 6.08 Å². The first kappa shape index (κ1) is 13.6. The van der Waals surface area contributed by atoms with Crippen molar-refractivity contribution in [2.24, 2.45) is 5.92 Å². The molecule has 0 amide bonds. The summed E-state index contributed by atoms with van der Waals surface area (Å²) in [4.78, 5) is 22.7. The Balaban J connectivity index is 2.29. The number of aliphatic carboxylic acids is 1. The second-order valence-electron chi connectivity index (χ2n) is 5.14. The van der Waals surface area contributed by atoms with Crippen LogP contribution in [0.3, 0.4) is 0 Å². The number of carboxylic acids is 1. The predicted molar refractivity (Wildman–Crippen MR) is 70.5 cm³/mol. The van der Waals surface area contributed by atoms with Crippen LogP contribution in [0.1, 0.15) is 32.6 Å². The van der Waals surface area contributed by atoms with Crippen LogP contribution in [0.15, 0.2) is 35.5 Å². The minimum absolute atomic E-state index is 0.144. The fraction of sp³-hybridized carbons (Fsp3) is 0.467. The maximum Gasteiger partial charge on any atom is 0.334 e. The van der Waals surface area contributed by atoms with Crippen molar-refractivity contribution in [2.45, 2.75) is 38.7 Å². The van der Waals surface area contributed by atoms with E-state index < -0.39 is 5.97 Å². The second kappa shape index (κ2) is 5.43. The van der Waals surface area contributed by atoms with E-state index in [0.717, 1.165) is 18.4 Å². The number of carbonyl (C=O) groups is 2. The third-order valence-electron chi connectivity index (χ3n) is 3.71. The van der Waals surface area contributed by atoms with Crippen molar-refractivity contribution in [3.63, 3.8) is 0 Å². The Labute approximate surface area is 112 Å². The summed E-state index contributed by atoms with van der Waals surface area (Å²) in [5.74, 6) is -1.40. The minimum atomic E-state index is -0.880. The molecule has 1 fully saturated rings. The molecule has 0 aromatic carbocycles. The van der Waals surface area contributed by atoms with Gasteiger partial charge in [-0.3, -0.25) is 0 Å². The van der Waals surface area contributed by atoms with Crippen LogP contribution in [0.25, 0.3) is 0 Å². The van der Waals surface area contributed by atoms with Crippen LogP contribution in [0, 0.1) is 5.92 Å². The highest BCUT2D eigenvalue weighted by Gasteiger charge is 2.36. The zero-order valence-electron chi connectivity index (χ0n) is 11.0. The Morgan fingerprint density at radius 2 is 2.21 bits per heavy atom. The highest BCUT2D eigenvalue weighted by atomic mass is 16.5. The first-order chi connectivity index (χ1) is 8.99. The zero-order valence-corrected chi connectivity index (χ0v) is 11.0. The van der Waals surface area contributed by atoms with Gasteiger partial charge in [0.25, 0.3) is 0 Å². The van der Waals surface area contributed by atoms with E-state index in [9.17, 15) is 9.59 Å². The van der Waals surface area contributed by atoms with E-state index in [0.29, 0.717) is 24.0 Å². The molecule has 2 unspecified atom stereocenters. The number of carbonyl (C=O) groups excluding carboxylic acids is 1. The van der Waals surface area contributed by atoms with Gasteiger partial charge in [-0.2, -0.15) is 0 Å². The highest BCUT2D eigenvalue weighted by molar-refractivity contribution is 5.91. The Kier molecular flexibility index (Phi) is 3.88. The van der Waals surface area contributed by atoms with E-state index in [-0.39, 0.29) is 18.0 Å². The summed E-state index contributed by atoms with van der Waals surface area (Å²) in [6.07, 6.45) is 6.04. The molecule has 1 aliphatic carbocycles. The maximum atomic E-state index is 11.6. The van der Waals surface area contributed by atoms with Gasteiger partial charge in [0.15, 0.2) is 0 Å². The van der Waals surface area contributed by atoms with Crippen molar-refractivity contribution in [1.29, 1.82) is 0 Å². The number of esters is 1. The molecule has 1 saturated heterocycles. The van der Waals surface area contributed by atoms with Gasteiger partial charge in [0, 0.05) is 17.1 Å². The van der Waals surface area contributed by atoms with Gasteiger partial charge in [0.2, 0.25) is 0 Å². The normalized spacial score (nSPS) is 28.1. The van der Waals surface area contributed by atoms with E-state index in [1.165, 1.54) is 0 Å². The van der Waals surface area contributed by atoms with Crippen LogP contribution in [0.2, 0.25) is 0 Å². The number of ether oxygens (including phenoxy) is 1. The minimum Gasteiger partial charge on any atom is -0.478 e. The molecule has 2 aliphatic rings. The summed E-state index contributed by atoms with van der Waals surface area (Å²) in [6.45, 7) is 5.74. The number of hydrogen-bond acceptors (Lipinski definition) is 3. The van der Waals surface area contributed by atoms with Crippen molar-refractivity contribution in [3.05, 3.63) is 35.5 Å². The van der Waals surface area contributed by atoms with Gasteiger partial charge in [-0.05, 0) is 38.7 Å². The Morgan fingerprint density at radius 3 is 2.89 bits per heavy atom. The molecule has 102 valence electrons. The molecule has 0 aromatic rings. The number of hydrogen-bond donors (Lipinski definition) is 1. The quantitative estimate of drug-likeness (QED) is 0.448. The molecule has 0 bridgehead atoms. The Morgan fingerprint density at radius 1 is 1.47 bits per heavy atom. The van der Waals surface area contributed by atoms with Gasteiger partial charge in [0.1, 0.15) is 6.10 Å². The molecule has 2 rings (SSSR count). The average Bonchev–Trinajstić information content (AvgIpc) is 2.60. The van der Waals surface area contributed by atoms with Crippen molar-refractivity contribution < 1.29 is 19.4 Å². The van der Waals surface area contributed by atoms with Gasteiger partial charge in [-0.1, -0.05) is 18.2 Å². The summed E-state index contributed by atoms with van der Waals surface area (Å²) in [6, 6.07) is 0. The lowest BCUT2D eigenvalue weighted by atomic mass is 9.89. The molecular weight excluding hydrogens is 244 g/mol. The monoisotopic (exact) mass is 262 g/mol. The number of allylic oxidation sites excluding steroid dienone is 2. The van der Waals surface area contributed by atoms with E-state index in [4.69, 9.17) is 9.84 Å². The fourth-order valence-corrected chi connectivity index (χ4v) is 2.54. The number of carboxylic acid groups (broad SMARTS) is 1. The summed E-state index contributed by atoms with van der Waals surface area (Å²) in [7, 11) is 0. The molecule has 4 heteroatoms. The third-order valence-corrected chi connectivity index (χ3v) is 3.71. The van der Waals surface area contributed by atoms with E-state index >= 15 is 0 Å². The Hall–Kier alpha value is -1.84. The van der Waals surface area contributed by atoms with Gasteiger partial charge in [-0.25, -0.2) is 9.59 Å². The molecule has 0 spiro atoms. The summed E-state index contributed by atoms with van der Waals surface area (Å²) < 4.78 is 5.28. The Bertz CT molecular complexity index is 484. The SMILES string of the molecule is C=C1C(=O)OC2C=C(C)CCCC(C(=O)O)=CCC12. The molecule has 4 nitrogen and oxygen atoms in total. The molecule has 1 heterocycles. The fourth-order valence-electron chi connectivity index (χ4n) is 2.54.